The highest BCUT2D eigenvalue weighted by molar-refractivity contribution is 6.22. The van der Waals surface area contributed by atoms with Crippen LogP contribution in [0.5, 0.6) is 0 Å². The third-order valence-corrected chi connectivity index (χ3v) is 4.95. The van der Waals surface area contributed by atoms with Crippen molar-refractivity contribution in [3.05, 3.63) is 34.9 Å². The predicted octanol–water partition coefficient (Wildman–Crippen LogP) is 2.25. The summed E-state index contributed by atoms with van der Waals surface area (Å²) in [4.78, 5) is 51.8. The van der Waals surface area contributed by atoms with Gasteiger partial charge in [-0.1, -0.05) is 13.8 Å². The van der Waals surface area contributed by atoms with Gasteiger partial charge in [0.1, 0.15) is 5.54 Å². The molecule has 0 fully saturated rings. The number of rotatable bonds is 7. The third kappa shape index (κ3) is 4.62. The highest BCUT2D eigenvalue weighted by Crippen LogP contribution is 2.25. The van der Waals surface area contributed by atoms with Crippen molar-refractivity contribution >= 4 is 23.7 Å². The first-order chi connectivity index (χ1) is 13.5. The lowest BCUT2D eigenvalue weighted by atomic mass is 10.1. The Labute approximate surface area is 170 Å². The number of ether oxygens (including phenoxy) is 1. The van der Waals surface area contributed by atoms with Gasteiger partial charge >= 0.3 is 5.97 Å². The summed E-state index contributed by atoms with van der Waals surface area (Å²) >= 11 is 0. The summed E-state index contributed by atoms with van der Waals surface area (Å²) in [6.07, 6.45) is 0.690. The van der Waals surface area contributed by atoms with Crippen LogP contribution in [0.4, 0.5) is 0 Å². The number of fused-ring (bicyclic) bond motifs is 1. The first-order valence-electron chi connectivity index (χ1n) is 9.35. The van der Waals surface area contributed by atoms with E-state index in [0.29, 0.717) is 18.9 Å². The van der Waals surface area contributed by atoms with Gasteiger partial charge in [0.15, 0.2) is 6.61 Å². The van der Waals surface area contributed by atoms with Gasteiger partial charge in [-0.2, -0.15) is 5.26 Å². The van der Waals surface area contributed by atoms with E-state index in [0.717, 1.165) is 0 Å². The lowest BCUT2D eigenvalue weighted by Crippen LogP contribution is -2.45. The number of nitrogens with zero attached hydrogens (tertiary/aromatic N) is 3. The van der Waals surface area contributed by atoms with Crippen LogP contribution in [-0.2, 0) is 9.53 Å². The Balaban J connectivity index is 2.08. The van der Waals surface area contributed by atoms with Gasteiger partial charge in [-0.05, 0) is 44.4 Å². The topological polar surface area (TPSA) is 108 Å². The van der Waals surface area contributed by atoms with Crippen molar-refractivity contribution in [2.24, 2.45) is 5.92 Å². The zero-order chi connectivity index (χ0) is 21.9. The molecule has 1 aliphatic heterocycles. The second-order valence-electron chi connectivity index (χ2n) is 7.90. The van der Waals surface area contributed by atoms with E-state index in [9.17, 15) is 19.2 Å². The Morgan fingerprint density at radius 1 is 1.21 bits per heavy atom. The molecule has 0 aromatic heterocycles. The quantitative estimate of drug-likeness (QED) is 0.514. The molecular formula is C21H25N3O5. The van der Waals surface area contributed by atoms with Gasteiger partial charge in [0.05, 0.1) is 22.8 Å². The van der Waals surface area contributed by atoms with E-state index >= 15 is 0 Å². The molecule has 0 unspecified atom stereocenters. The number of esters is 1. The predicted molar refractivity (Wildman–Crippen MR) is 104 cm³/mol. The number of carbonyl (C=O) groups excluding carboxylic acids is 4. The molecule has 0 N–H and O–H groups in total. The number of likely N-dealkylation sites (N-methyl/N-ethyl adjacent to an activating group) is 1. The summed E-state index contributed by atoms with van der Waals surface area (Å²) in [5, 5.41) is 9.08. The number of benzene rings is 1. The van der Waals surface area contributed by atoms with Gasteiger partial charge in [-0.15, -0.1) is 0 Å². The van der Waals surface area contributed by atoms with Crippen LogP contribution in [0.1, 0.15) is 65.2 Å². The molecule has 29 heavy (non-hydrogen) atoms. The molecule has 0 saturated carbocycles. The minimum Gasteiger partial charge on any atom is -0.452 e. The van der Waals surface area contributed by atoms with Crippen LogP contribution in [-0.4, -0.2) is 59.2 Å². The second kappa shape index (κ2) is 8.43. The Hall–Kier alpha value is -3.21. The van der Waals surface area contributed by atoms with Crippen molar-refractivity contribution in [3.63, 3.8) is 0 Å². The Morgan fingerprint density at radius 2 is 1.83 bits per heavy atom. The number of imide groups is 1. The molecule has 2 rings (SSSR count). The van der Waals surface area contributed by atoms with Crippen LogP contribution < -0.4 is 0 Å². The van der Waals surface area contributed by atoms with Gasteiger partial charge < -0.3 is 9.64 Å². The van der Waals surface area contributed by atoms with Gasteiger partial charge in [-0.25, -0.2) is 4.79 Å². The minimum atomic E-state index is -1.04. The lowest BCUT2D eigenvalue weighted by molar-refractivity contribution is -0.136. The monoisotopic (exact) mass is 399 g/mol. The summed E-state index contributed by atoms with van der Waals surface area (Å²) < 4.78 is 5.03. The molecule has 154 valence electrons. The highest BCUT2D eigenvalue weighted by atomic mass is 16.5. The molecule has 0 radical (unpaired) electrons. The number of hydrogen-bond donors (Lipinski definition) is 0. The maximum absolute atomic E-state index is 12.6. The fourth-order valence-electron chi connectivity index (χ4n) is 2.70. The highest BCUT2D eigenvalue weighted by Gasteiger charge is 2.36. The van der Waals surface area contributed by atoms with Crippen LogP contribution in [0.15, 0.2) is 18.2 Å². The molecule has 1 aliphatic rings. The molecule has 8 nitrogen and oxygen atoms in total. The van der Waals surface area contributed by atoms with E-state index in [2.05, 4.69) is 0 Å². The fourth-order valence-corrected chi connectivity index (χ4v) is 2.70. The average Bonchev–Trinajstić information content (AvgIpc) is 2.93. The maximum Gasteiger partial charge on any atom is 0.338 e. The van der Waals surface area contributed by atoms with Crippen LogP contribution in [0.3, 0.4) is 0 Å². The summed E-state index contributed by atoms with van der Waals surface area (Å²) in [7, 11) is 1.45. The zero-order valence-corrected chi connectivity index (χ0v) is 17.3. The number of carbonyl (C=O) groups is 4. The molecule has 0 spiro atoms. The SMILES string of the molecule is CC(C)CCN1C(=O)c2ccc(C(=O)OCC(=O)N(C)C(C)(C)C#N)cc2C1=O. The molecular weight excluding hydrogens is 374 g/mol. The van der Waals surface area contributed by atoms with Crippen molar-refractivity contribution in [1.82, 2.24) is 9.80 Å². The smallest absolute Gasteiger partial charge is 0.338 e. The Kier molecular flexibility index (Phi) is 6.42. The second-order valence-corrected chi connectivity index (χ2v) is 7.90. The fraction of sp³-hybridized carbons (Fsp3) is 0.476. The summed E-state index contributed by atoms with van der Waals surface area (Å²) in [5.74, 6) is -1.79. The molecule has 0 aliphatic carbocycles. The number of amides is 3. The molecule has 0 atom stereocenters. The van der Waals surface area contributed by atoms with Gasteiger partial charge in [0.2, 0.25) is 0 Å². The van der Waals surface area contributed by atoms with Gasteiger partial charge in [0, 0.05) is 13.6 Å². The Bertz CT molecular complexity index is 898. The average molecular weight is 399 g/mol. The van der Waals surface area contributed by atoms with E-state index in [1.54, 1.807) is 13.8 Å². The molecule has 1 aromatic rings. The van der Waals surface area contributed by atoms with Crippen molar-refractivity contribution < 1.29 is 23.9 Å². The number of hydrogen-bond acceptors (Lipinski definition) is 6. The molecule has 0 bridgehead atoms. The van der Waals surface area contributed by atoms with E-state index in [4.69, 9.17) is 10.00 Å². The van der Waals surface area contributed by atoms with E-state index < -0.39 is 29.9 Å². The molecule has 0 saturated heterocycles. The van der Waals surface area contributed by atoms with Crippen molar-refractivity contribution in [2.45, 2.75) is 39.7 Å². The van der Waals surface area contributed by atoms with Crippen LogP contribution >= 0.6 is 0 Å². The van der Waals surface area contributed by atoms with Gasteiger partial charge in [0.25, 0.3) is 17.7 Å². The minimum absolute atomic E-state index is 0.0746. The van der Waals surface area contributed by atoms with Crippen LogP contribution in [0, 0.1) is 17.2 Å². The third-order valence-electron chi connectivity index (χ3n) is 4.95. The number of nitriles is 1. The van der Waals surface area contributed by atoms with Crippen molar-refractivity contribution in [3.8, 4) is 6.07 Å². The maximum atomic E-state index is 12.6. The molecule has 1 aromatic carbocycles. The van der Waals surface area contributed by atoms with E-state index in [1.807, 2.05) is 19.9 Å². The lowest BCUT2D eigenvalue weighted by Gasteiger charge is -2.28. The summed E-state index contributed by atoms with van der Waals surface area (Å²) in [5.41, 5.74) is -0.557. The van der Waals surface area contributed by atoms with Gasteiger partial charge in [-0.3, -0.25) is 19.3 Å². The molecule has 3 amide bonds. The van der Waals surface area contributed by atoms with Crippen LogP contribution in [0.2, 0.25) is 0 Å². The Morgan fingerprint density at radius 3 is 2.41 bits per heavy atom. The van der Waals surface area contributed by atoms with Crippen molar-refractivity contribution in [1.29, 1.82) is 5.26 Å². The van der Waals surface area contributed by atoms with E-state index in [-0.39, 0.29) is 22.6 Å². The standard InChI is InChI=1S/C21H25N3O5/c1-13(2)8-9-24-18(26)15-7-6-14(10-16(15)19(24)27)20(28)29-11-17(25)23(5)21(3,4)12-22/h6-7,10,13H,8-9,11H2,1-5H3. The van der Waals surface area contributed by atoms with Crippen LogP contribution in [0.25, 0.3) is 0 Å². The molecule has 8 heteroatoms. The largest absolute Gasteiger partial charge is 0.452 e. The molecule has 1 heterocycles. The normalized spacial score (nSPS) is 13.3. The van der Waals surface area contributed by atoms with Crippen molar-refractivity contribution in [2.75, 3.05) is 20.2 Å². The first kappa shape index (κ1) is 22.1. The summed E-state index contributed by atoms with van der Waals surface area (Å²) in [6.45, 7) is 6.93. The first-order valence-corrected chi connectivity index (χ1v) is 9.35. The summed E-state index contributed by atoms with van der Waals surface area (Å²) in [6, 6.07) is 6.13. The zero-order valence-electron chi connectivity index (χ0n) is 17.3. The van der Waals surface area contributed by atoms with E-state index in [1.165, 1.54) is 35.0 Å².